The second-order valence-electron chi connectivity index (χ2n) is 0.610. The van der Waals surface area contributed by atoms with Gasteiger partial charge >= 0.3 is 11.9 Å². The number of carboxylic acid groups (broad SMARTS) is 2. The Morgan fingerprint density at radius 1 is 0.727 bits per heavy atom. The first-order valence-electron chi connectivity index (χ1n) is 1.11. The van der Waals surface area contributed by atoms with Crippen LogP contribution in [0.5, 0.6) is 0 Å². The Labute approximate surface area is 75.9 Å². The van der Waals surface area contributed by atoms with Crippen molar-refractivity contribution >= 4 is 11.9 Å². The Bertz CT molecular complexity index is 78.1. The summed E-state index contributed by atoms with van der Waals surface area (Å²) in [7, 11) is 0. The smallest absolute Gasteiger partial charge is 0.414 e. The second-order valence-corrected chi connectivity index (χ2v) is 0.610. The molecule has 0 aliphatic heterocycles. The van der Waals surface area contributed by atoms with Gasteiger partial charge in [0.25, 0.3) is 0 Å². The molecular weight excluding hydrogens is 200 g/mol. The van der Waals surface area contributed by atoms with Gasteiger partial charge in [0.1, 0.15) is 0 Å². The molecule has 9 heteroatoms. The van der Waals surface area contributed by atoms with E-state index in [1.54, 1.807) is 0 Å². The summed E-state index contributed by atoms with van der Waals surface area (Å²) in [6.07, 6.45) is 0. The largest absolute Gasteiger partial charge is 0.473 e. The van der Waals surface area contributed by atoms with E-state index in [9.17, 15) is 0 Å². The van der Waals surface area contributed by atoms with Crippen molar-refractivity contribution in [2.24, 2.45) is 0 Å². The third-order valence-electron chi connectivity index (χ3n) is 0.183. The number of carboxylic acids is 2. The zero-order chi connectivity index (χ0) is 5.15. The first-order valence-corrected chi connectivity index (χ1v) is 1.11. The summed E-state index contributed by atoms with van der Waals surface area (Å²) in [6, 6.07) is 0. The molecule has 11 heavy (non-hydrogen) atoms. The van der Waals surface area contributed by atoms with Crippen LogP contribution < -0.4 is 0 Å². The number of carbonyl (C=O) groups is 2. The molecule has 0 radical (unpaired) electrons. The maximum absolute atomic E-state index is 9.10. The molecule has 0 fully saturated rings. The monoisotopic (exact) mass is 210 g/mol. The van der Waals surface area contributed by atoms with Gasteiger partial charge in [-0.15, -0.1) is 0 Å². The van der Waals surface area contributed by atoms with E-state index in [0.29, 0.717) is 0 Å². The predicted octanol–water partition coefficient (Wildman–Crippen LogP) is -4.15. The van der Waals surface area contributed by atoms with E-state index in [-0.39, 0.29) is 43.6 Å². The van der Waals surface area contributed by atoms with Crippen molar-refractivity contribution in [1.82, 2.24) is 0 Å². The van der Waals surface area contributed by atoms with Gasteiger partial charge in [-0.3, -0.25) is 0 Å². The molecule has 0 aromatic carbocycles. The maximum atomic E-state index is 9.10. The predicted molar refractivity (Wildman–Crippen MR) is 29.7 cm³/mol. The maximum Gasteiger partial charge on any atom is 0.414 e. The third-order valence-corrected chi connectivity index (χ3v) is 0.183. The molecule has 8 nitrogen and oxygen atoms in total. The summed E-state index contributed by atoms with van der Waals surface area (Å²) < 4.78 is 0. The molecule has 0 atom stereocenters. The summed E-state index contributed by atoms with van der Waals surface area (Å²) in [5, 5.41) is 14.8. The van der Waals surface area contributed by atoms with Gasteiger partial charge in [-0.1, -0.05) is 0 Å². The van der Waals surface area contributed by atoms with E-state index >= 15 is 0 Å². The molecular formula is C2H10O8Ti. The number of hydrogen-bond donors (Lipinski definition) is 2. The van der Waals surface area contributed by atoms with Crippen LogP contribution >= 0.6 is 0 Å². The molecule has 0 amide bonds. The Morgan fingerprint density at radius 2 is 0.818 bits per heavy atom. The van der Waals surface area contributed by atoms with Gasteiger partial charge in [0.05, 0.1) is 0 Å². The summed E-state index contributed by atoms with van der Waals surface area (Å²) in [6.45, 7) is 0. The minimum Gasteiger partial charge on any atom is -0.473 e. The van der Waals surface area contributed by atoms with Gasteiger partial charge in [-0.25, -0.2) is 9.59 Å². The zero-order valence-corrected chi connectivity index (χ0v) is 6.77. The van der Waals surface area contributed by atoms with Crippen LogP contribution in [0.2, 0.25) is 0 Å². The number of hydrogen-bond acceptors (Lipinski definition) is 2. The number of rotatable bonds is 0. The van der Waals surface area contributed by atoms with Crippen LogP contribution in [0.25, 0.3) is 0 Å². The van der Waals surface area contributed by atoms with Crippen LogP contribution in [0.3, 0.4) is 0 Å². The molecule has 0 saturated heterocycles. The van der Waals surface area contributed by atoms with Gasteiger partial charge in [-0.05, 0) is 0 Å². The van der Waals surface area contributed by atoms with Crippen molar-refractivity contribution in [3.63, 3.8) is 0 Å². The minimum absolute atomic E-state index is 0. The van der Waals surface area contributed by atoms with Crippen LogP contribution in [0.15, 0.2) is 0 Å². The molecule has 0 heterocycles. The van der Waals surface area contributed by atoms with Crippen molar-refractivity contribution < 1.29 is 63.4 Å². The second kappa shape index (κ2) is 22.7. The summed E-state index contributed by atoms with van der Waals surface area (Å²) in [5.74, 6) is -3.65. The molecule has 0 bridgehead atoms. The van der Waals surface area contributed by atoms with Gasteiger partial charge in [0.2, 0.25) is 0 Å². The quantitative estimate of drug-likeness (QED) is 0.301. The molecule has 0 rings (SSSR count). The fourth-order valence-corrected chi connectivity index (χ4v) is 0. The van der Waals surface area contributed by atoms with E-state index in [4.69, 9.17) is 19.8 Å². The molecule has 0 unspecified atom stereocenters. The Hall–Kier alpha value is -0.506. The van der Waals surface area contributed by atoms with Crippen LogP contribution in [0.1, 0.15) is 0 Å². The average Bonchev–Trinajstić information content (AvgIpc) is 1.36. The van der Waals surface area contributed by atoms with Gasteiger partial charge in [0, 0.05) is 21.7 Å². The van der Waals surface area contributed by atoms with Gasteiger partial charge in [0.15, 0.2) is 0 Å². The normalized spacial score (nSPS) is 4.00. The molecule has 70 valence electrons. The topological polar surface area (TPSA) is 201 Å². The molecule has 10 N–H and O–H groups in total. The first-order chi connectivity index (χ1) is 2.64. The van der Waals surface area contributed by atoms with E-state index in [0.717, 1.165) is 0 Å². The molecule has 0 saturated carbocycles. The molecule has 0 aliphatic carbocycles. The summed E-state index contributed by atoms with van der Waals surface area (Å²) >= 11 is 0. The SMILES string of the molecule is O.O.O.O.O=C(O)C(=O)O.[Ti]. The van der Waals surface area contributed by atoms with E-state index < -0.39 is 11.9 Å². The van der Waals surface area contributed by atoms with Crippen molar-refractivity contribution in [2.75, 3.05) is 0 Å². The van der Waals surface area contributed by atoms with Crippen molar-refractivity contribution in [1.29, 1.82) is 0 Å². The summed E-state index contributed by atoms with van der Waals surface area (Å²) in [4.78, 5) is 18.2. The fourth-order valence-electron chi connectivity index (χ4n) is 0. The van der Waals surface area contributed by atoms with Gasteiger partial charge in [-0.2, -0.15) is 0 Å². The minimum atomic E-state index is -1.82. The van der Waals surface area contributed by atoms with E-state index in [2.05, 4.69) is 0 Å². The third kappa shape index (κ3) is 43.7. The van der Waals surface area contributed by atoms with Crippen molar-refractivity contribution in [2.45, 2.75) is 0 Å². The molecule has 0 aromatic rings. The molecule has 0 aromatic heterocycles. The fraction of sp³-hybridized carbons (Fsp3) is 0. The zero-order valence-electron chi connectivity index (χ0n) is 5.21. The van der Waals surface area contributed by atoms with Gasteiger partial charge < -0.3 is 32.1 Å². The molecule has 0 spiro atoms. The Kier molecular flexibility index (Phi) is 96.6. The van der Waals surface area contributed by atoms with E-state index in [1.165, 1.54) is 0 Å². The van der Waals surface area contributed by atoms with Crippen LogP contribution in [0.4, 0.5) is 0 Å². The number of aliphatic carboxylic acids is 2. The van der Waals surface area contributed by atoms with Crippen molar-refractivity contribution in [3.8, 4) is 0 Å². The molecule has 0 aliphatic rings. The average molecular weight is 210 g/mol. The van der Waals surface area contributed by atoms with Crippen LogP contribution in [-0.4, -0.2) is 44.1 Å². The standard InChI is InChI=1S/C2H2O4.4H2O.Ti/c3-1(4)2(5)6;;;;;/h(H,3,4)(H,5,6);4*1H2;. The summed E-state index contributed by atoms with van der Waals surface area (Å²) in [5.41, 5.74) is 0. The van der Waals surface area contributed by atoms with Crippen molar-refractivity contribution in [3.05, 3.63) is 0 Å². The first kappa shape index (κ1) is 46.8. The van der Waals surface area contributed by atoms with E-state index in [1.807, 2.05) is 0 Å². The Balaban J connectivity index is -0.0000000125. The van der Waals surface area contributed by atoms with Crippen LogP contribution in [-0.2, 0) is 31.3 Å². The van der Waals surface area contributed by atoms with Crippen LogP contribution in [0, 0.1) is 0 Å². The Morgan fingerprint density at radius 3 is 0.818 bits per heavy atom.